The van der Waals surface area contributed by atoms with Gasteiger partial charge in [0.2, 0.25) is 0 Å². The van der Waals surface area contributed by atoms with Gasteiger partial charge in [-0.1, -0.05) is 20.0 Å². The van der Waals surface area contributed by atoms with E-state index in [2.05, 4.69) is 28.2 Å². The van der Waals surface area contributed by atoms with Crippen LogP contribution in [0.5, 0.6) is 0 Å². The largest absolute Gasteiger partial charge is 0.858 e. The predicted octanol–water partition coefficient (Wildman–Crippen LogP) is 0.151. The van der Waals surface area contributed by atoms with E-state index in [1.165, 1.54) is 0 Å². The lowest BCUT2D eigenvalue weighted by molar-refractivity contribution is -0.849. The zero-order valence-electron chi connectivity index (χ0n) is 10.2. The van der Waals surface area contributed by atoms with Gasteiger partial charge in [-0.3, -0.25) is 0 Å². The van der Waals surface area contributed by atoms with Gasteiger partial charge in [-0.15, -0.1) is 0 Å². The van der Waals surface area contributed by atoms with Crippen molar-refractivity contribution >= 4 is 8.32 Å². The van der Waals surface area contributed by atoms with Crippen LogP contribution in [-0.4, -0.2) is 46.7 Å². The van der Waals surface area contributed by atoms with Crippen LogP contribution in [0.1, 0.15) is 13.3 Å². The van der Waals surface area contributed by atoms with Crippen molar-refractivity contribution < 1.29 is 9.28 Å². The van der Waals surface area contributed by atoms with Crippen molar-refractivity contribution in [2.24, 2.45) is 5.73 Å². The number of quaternary nitrogens is 1. The van der Waals surface area contributed by atoms with Crippen LogP contribution in [-0.2, 0) is 0 Å². The zero-order chi connectivity index (χ0) is 11.3. The Labute approximate surface area is 84.3 Å². The summed E-state index contributed by atoms with van der Waals surface area (Å²) in [5, 5.41) is 0. The van der Waals surface area contributed by atoms with Crippen LogP contribution in [0.3, 0.4) is 0 Å². The molecule has 0 aliphatic carbocycles. The summed E-state index contributed by atoms with van der Waals surface area (Å²) in [6.07, 6.45) is 0.822. The van der Waals surface area contributed by atoms with Crippen molar-refractivity contribution in [3.05, 3.63) is 0 Å². The Balaban J connectivity index is 0. The van der Waals surface area contributed by atoms with Gasteiger partial charge in [0.1, 0.15) is 0 Å². The highest BCUT2D eigenvalue weighted by Crippen LogP contribution is 1.99. The molecule has 0 amide bonds. The first-order valence-corrected chi connectivity index (χ1v) is 7.72. The summed E-state index contributed by atoms with van der Waals surface area (Å²) in [5.41, 5.74) is 5.43. The number of hydrogen-bond acceptors (Lipinski definition) is 2. The van der Waals surface area contributed by atoms with E-state index >= 15 is 0 Å². The molecule has 0 aliphatic heterocycles. The average Bonchev–Trinajstić information content (AvgIpc) is 1.80. The fourth-order valence-corrected chi connectivity index (χ4v) is 1.47. The number of hydrogen-bond donors (Lipinski definition) is 1. The van der Waals surface area contributed by atoms with Gasteiger partial charge in [0.25, 0.3) is 0 Å². The average molecular weight is 206 g/mol. The lowest BCUT2D eigenvalue weighted by Crippen LogP contribution is -2.58. The third-order valence-electron chi connectivity index (χ3n) is 1.33. The molecule has 3 nitrogen and oxygen atoms in total. The van der Waals surface area contributed by atoms with E-state index in [0.717, 1.165) is 10.9 Å². The van der Waals surface area contributed by atoms with Gasteiger partial charge >= 0.3 is 0 Å². The minimum absolute atomic E-state index is 0.0671. The Morgan fingerprint density at radius 1 is 1.23 bits per heavy atom. The van der Waals surface area contributed by atoms with Crippen molar-refractivity contribution in [3.63, 3.8) is 0 Å². The second kappa shape index (κ2) is 5.75. The summed E-state index contributed by atoms with van der Waals surface area (Å²) in [4.78, 5) is 11.0. The van der Waals surface area contributed by atoms with Crippen molar-refractivity contribution in [2.45, 2.75) is 32.1 Å². The summed E-state index contributed by atoms with van der Waals surface area (Å²) in [5.74, 6) is 0. The summed E-state index contributed by atoms with van der Waals surface area (Å²) in [6.45, 7) is 5.46. The smallest absolute Gasteiger partial charge is 0.0675 e. The molecule has 13 heavy (non-hydrogen) atoms. The minimum Gasteiger partial charge on any atom is -0.858 e. The van der Waals surface area contributed by atoms with Crippen molar-refractivity contribution in [1.29, 1.82) is 0 Å². The van der Waals surface area contributed by atoms with Crippen LogP contribution >= 0.6 is 0 Å². The minimum atomic E-state index is -2.23. The van der Waals surface area contributed by atoms with E-state index in [-0.39, 0.29) is 5.67 Å². The van der Waals surface area contributed by atoms with Crippen LogP contribution in [0.4, 0.5) is 0 Å². The van der Waals surface area contributed by atoms with Gasteiger partial charge in [-0.25, -0.2) is 0 Å². The first kappa shape index (κ1) is 15.6. The highest BCUT2D eigenvalue weighted by atomic mass is 28.4. The Morgan fingerprint density at radius 3 is 1.46 bits per heavy atom. The monoisotopic (exact) mass is 206 g/mol. The van der Waals surface area contributed by atoms with Crippen LogP contribution in [0.2, 0.25) is 13.1 Å². The van der Waals surface area contributed by atoms with Crippen LogP contribution in [0, 0.1) is 0 Å². The van der Waals surface area contributed by atoms with E-state index in [1.54, 1.807) is 13.1 Å². The standard InChI is InChI=1S/C5H14NOSi.C4H12N/c1-4-5(6)8(2,3)7;1-5(2,3)4/h5H,4,6H2,1-3H3;1-4H3/q-1;+1. The molecule has 0 aliphatic rings. The van der Waals surface area contributed by atoms with Gasteiger partial charge in [-0.2, -0.15) is 0 Å². The van der Waals surface area contributed by atoms with E-state index in [9.17, 15) is 4.80 Å². The van der Waals surface area contributed by atoms with E-state index in [1.807, 2.05) is 6.92 Å². The topological polar surface area (TPSA) is 49.1 Å². The highest BCUT2D eigenvalue weighted by Gasteiger charge is 2.11. The van der Waals surface area contributed by atoms with Crippen LogP contribution < -0.4 is 10.5 Å². The maximum Gasteiger partial charge on any atom is 0.0675 e. The van der Waals surface area contributed by atoms with Gasteiger partial charge in [0.05, 0.1) is 28.2 Å². The molecule has 0 aromatic rings. The molecule has 0 saturated carbocycles. The molecule has 0 heterocycles. The third-order valence-corrected chi connectivity index (χ3v) is 3.53. The van der Waals surface area contributed by atoms with Gasteiger partial charge in [0.15, 0.2) is 0 Å². The summed E-state index contributed by atoms with van der Waals surface area (Å²) < 4.78 is 1.00. The Kier molecular flexibility index (Phi) is 6.88. The van der Waals surface area contributed by atoms with Crippen molar-refractivity contribution in [3.8, 4) is 0 Å². The van der Waals surface area contributed by atoms with Crippen LogP contribution in [0.25, 0.3) is 0 Å². The summed E-state index contributed by atoms with van der Waals surface area (Å²) in [7, 11) is 6.27. The maximum absolute atomic E-state index is 11.0. The lowest BCUT2D eigenvalue weighted by Gasteiger charge is -2.35. The van der Waals surface area contributed by atoms with Gasteiger partial charge in [-0.05, 0) is 20.4 Å². The summed E-state index contributed by atoms with van der Waals surface area (Å²) >= 11 is 0. The zero-order valence-corrected chi connectivity index (χ0v) is 11.2. The van der Waals surface area contributed by atoms with Gasteiger partial charge < -0.3 is 15.0 Å². The van der Waals surface area contributed by atoms with Crippen molar-refractivity contribution in [1.82, 2.24) is 0 Å². The normalized spacial score (nSPS) is 14.5. The Bertz CT molecular complexity index is 121. The molecule has 0 saturated heterocycles. The molecule has 0 radical (unpaired) electrons. The molecule has 1 unspecified atom stereocenters. The molecule has 0 fully saturated rings. The molecule has 4 heteroatoms. The fraction of sp³-hybridized carbons (Fsp3) is 1.00. The maximum atomic E-state index is 11.0. The predicted molar refractivity (Wildman–Crippen MR) is 59.7 cm³/mol. The Hall–Kier alpha value is 0.0969. The number of nitrogens with two attached hydrogens (primary N) is 1. The molecular weight excluding hydrogens is 180 g/mol. The molecule has 1 atom stereocenters. The van der Waals surface area contributed by atoms with E-state index < -0.39 is 8.32 Å². The van der Waals surface area contributed by atoms with Crippen LogP contribution in [0.15, 0.2) is 0 Å². The number of nitrogens with zero attached hydrogens (tertiary/aromatic N) is 1. The van der Waals surface area contributed by atoms with Crippen molar-refractivity contribution in [2.75, 3.05) is 28.2 Å². The number of rotatable bonds is 2. The molecule has 0 spiro atoms. The van der Waals surface area contributed by atoms with E-state index in [0.29, 0.717) is 0 Å². The molecular formula is C9H26N2OSi. The Morgan fingerprint density at radius 2 is 1.46 bits per heavy atom. The lowest BCUT2D eigenvalue weighted by atomic mass is 10.5. The summed E-state index contributed by atoms with van der Waals surface area (Å²) in [6, 6.07) is 0. The first-order valence-electron chi connectivity index (χ1n) is 4.73. The fourth-order valence-electron chi connectivity index (χ4n) is 0.492. The molecule has 0 aromatic heterocycles. The van der Waals surface area contributed by atoms with E-state index in [4.69, 9.17) is 5.73 Å². The SMILES string of the molecule is CCC(N)[Si](C)(C)[O-].C[N+](C)(C)C. The molecule has 0 aromatic carbocycles. The molecule has 0 rings (SSSR count). The molecule has 82 valence electrons. The second-order valence-corrected chi connectivity index (χ2v) is 9.25. The van der Waals surface area contributed by atoms with Gasteiger partial charge in [0, 0.05) is 0 Å². The second-order valence-electron chi connectivity index (χ2n) is 5.30. The highest BCUT2D eigenvalue weighted by molar-refractivity contribution is 6.69. The molecule has 2 N–H and O–H groups in total. The first-order chi connectivity index (χ1) is 5.48. The quantitative estimate of drug-likeness (QED) is 0.516. The molecule has 0 bridgehead atoms. The third kappa shape index (κ3) is 18.8.